The van der Waals surface area contributed by atoms with Crippen LogP contribution in [0, 0.1) is 16.7 Å². The lowest BCUT2D eigenvalue weighted by Gasteiger charge is -2.33. The number of nitrogens with one attached hydrogen (secondary N) is 1. The molecular weight excluding hydrogens is 202 g/mol. The second-order valence-electron chi connectivity index (χ2n) is 6.04. The van der Waals surface area contributed by atoms with Crippen LogP contribution in [0.4, 0.5) is 0 Å². The Morgan fingerprint density at radius 1 is 1.06 bits per heavy atom. The molecule has 0 bridgehead atoms. The average molecular weight is 227 g/mol. The smallest absolute Gasteiger partial charge is 0.225 e. The zero-order valence-corrected chi connectivity index (χ0v) is 11.6. The van der Waals surface area contributed by atoms with Gasteiger partial charge in [-0.05, 0) is 6.42 Å². The van der Waals surface area contributed by atoms with E-state index in [9.17, 15) is 9.59 Å². The molecule has 94 valence electrons. The molecule has 3 heteroatoms. The highest BCUT2D eigenvalue weighted by Gasteiger charge is 2.38. The summed E-state index contributed by atoms with van der Waals surface area (Å²) in [5.41, 5.74) is -0.965. The first-order valence-corrected chi connectivity index (χ1v) is 5.81. The molecule has 0 aliphatic heterocycles. The van der Waals surface area contributed by atoms with Gasteiger partial charge in [-0.1, -0.05) is 41.5 Å². The molecule has 1 amide bonds. The Kier molecular flexibility index (Phi) is 4.71. The fourth-order valence-electron chi connectivity index (χ4n) is 2.39. The van der Waals surface area contributed by atoms with E-state index in [1.807, 2.05) is 41.5 Å². The second kappa shape index (κ2) is 4.98. The molecule has 0 saturated carbocycles. The topological polar surface area (TPSA) is 46.2 Å². The van der Waals surface area contributed by atoms with E-state index >= 15 is 0 Å². The van der Waals surface area contributed by atoms with Crippen LogP contribution in [0.25, 0.3) is 0 Å². The molecule has 1 N–H and O–H groups in total. The second-order valence-corrected chi connectivity index (χ2v) is 6.04. The van der Waals surface area contributed by atoms with Crippen molar-refractivity contribution in [2.24, 2.45) is 16.7 Å². The van der Waals surface area contributed by atoms with Gasteiger partial charge in [0, 0.05) is 23.8 Å². The SMILES string of the molecule is CNC(=O)C(C)(C)CC(C)(C)C(=O)C(C)C. The van der Waals surface area contributed by atoms with Crippen LogP contribution >= 0.6 is 0 Å². The standard InChI is InChI=1S/C13H25NO2/c1-9(2)10(15)12(3,4)8-13(5,6)11(16)14-7/h9H,8H2,1-7H3,(H,14,16). The van der Waals surface area contributed by atoms with Gasteiger partial charge in [-0.3, -0.25) is 9.59 Å². The number of ketones is 1. The Bertz CT molecular complexity index is 278. The van der Waals surface area contributed by atoms with Crippen LogP contribution in [0.2, 0.25) is 0 Å². The number of Topliss-reactive ketones (excluding diaryl/α,β-unsaturated/α-hetero) is 1. The summed E-state index contributed by atoms with van der Waals surface area (Å²) in [6.45, 7) is 11.4. The summed E-state index contributed by atoms with van der Waals surface area (Å²) >= 11 is 0. The highest BCUT2D eigenvalue weighted by molar-refractivity contribution is 5.87. The van der Waals surface area contributed by atoms with E-state index in [0.29, 0.717) is 6.42 Å². The van der Waals surface area contributed by atoms with Crippen molar-refractivity contribution in [2.75, 3.05) is 7.05 Å². The summed E-state index contributed by atoms with van der Waals surface area (Å²) < 4.78 is 0. The van der Waals surface area contributed by atoms with Gasteiger partial charge in [0.15, 0.2) is 0 Å². The third-order valence-corrected chi connectivity index (χ3v) is 2.92. The van der Waals surface area contributed by atoms with Crippen molar-refractivity contribution in [1.29, 1.82) is 0 Å². The van der Waals surface area contributed by atoms with Crippen molar-refractivity contribution in [1.82, 2.24) is 5.32 Å². The molecule has 0 atom stereocenters. The zero-order valence-electron chi connectivity index (χ0n) is 11.6. The zero-order chi connectivity index (χ0) is 13.1. The summed E-state index contributed by atoms with van der Waals surface area (Å²) in [7, 11) is 1.63. The van der Waals surface area contributed by atoms with Gasteiger partial charge in [0.2, 0.25) is 5.91 Å². The predicted octanol–water partition coefficient (Wildman–Crippen LogP) is 2.40. The molecular formula is C13H25NO2. The quantitative estimate of drug-likeness (QED) is 0.784. The van der Waals surface area contributed by atoms with Crippen LogP contribution in [-0.4, -0.2) is 18.7 Å². The summed E-state index contributed by atoms with van der Waals surface area (Å²) in [5.74, 6) is 0.206. The lowest BCUT2D eigenvalue weighted by molar-refractivity contribution is -0.136. The highest BCUT2D eigenvalue weighted by atomic mass is 16.2. The van der Waals surface area contributed by atoms with Crippen LogP contribution < -0.4 is 5.32 Å². The van der Waals surface area contributed by atoms with Gasteiger partial charge in [-0.2, -0.15) is 0 Å². The van der Waals surface area contributed by atoms with Gasteiger partial charge < -0.3 is 5.32 Å². The Balaban J connectivity index is 4.83. The molecule has 0 aromatic rings. The Morgan fingerprint density at radius 2 is 1.50 bits per heavy atom. The van der Waals surface area contributed by atoms with E-state index in [1.54, 1.807) is 7.05 Å². The average Bonchev–Trinajstić information content (AvgIpc) is 2.13. The molecule has 0 radical (unpaired) electrons. The molecule has 0 fully saturated rings. The van der Waals surface area contributed by atoms with Crippen LogP contribution in [0.15, 0.2) is 0 Å². The van der Waals surface area contributed by atoms with Crippen LogP contribution in [0.5, 0.6) is 0 Å². The summed E-state index contributed by atoms with van der Waals surface area (Å²) in [6.07, 6.45) is 0.566. The first kappa shape index (κ1) is 15.1. The molecule has 0 aromatic carbocycles. The fourth-order valence-corrected chi connectivity index (χ4v) is 2.39. The van der Waals surface area contributed by atoms with Crippen LogP contribution in [0.3, 0.4) is 0 Å². The maximum atomic E-state index is 12.0. The molecule has 0 aliphatic carbocycles. The largest absolute Gasteiger partial charge is 0.359 e. The maximum absolute atomic E-state index is 12.0. The Hall–Kier alpha value is -0.860. The van der Waals surface area contributed by atoms with Crippen molar-refractivity contribution in [3.8, 4) is 0 Å². The summed E-state index contributed by atoms with van der Waals surface area (Å²) in [5, 5.41) is 2.65. The van der Waals surface area contributed by atoms with Gasteiger partial charge in [-0.15, -0.1) is 0 Å². The first-order valence-electron chi connectivity index (χ1n) is 5.81. The fraction of sp³-hybridized carbons (Fsp3) is 0.846. The molecule has 0 spiro atoms. The highest BCUT2D eigenvalue weighted by Crippen LogP contribution is 2.36. The molecule has 16 heavy (non-hydrogen) atoms. The molecule has 0 saturated heterocycles. The van der Waals surface area contributed by atoms with Crippen molar-refractivity contribution in [2.45, 2.75) is 48.0 Å². The van der Waals surface area contributed by atoms with Crippen LogP contribution in [0.1, 0.15) is 48.0 Å². The van der Waals surface area contributed by atoms with E-state index in [-0.39, 0.29) is 17.6 Å². The van der Waals surface area contributed by atoms with E-state index in [4.69, 9.17) is 0 Å². The van der Waals surface area contributed by atoms with Crippen molar-refractivity contribution >= 4 is 11.7 Å². The summed E-state index contributed by atoms with van der Waals surface area (Å²) in [4.78, 5) is 23.7. The van der Waals surface area contributed by atoms with Gasteiger partial charge >= 0.3 is 0 Å². The molecule has 0 heterocycles. The minimum absolute atomic E-state index is 0.00971. The molecule has 3 nitrogen and oxygen atoms in total. The minimum Gasteiger partial charge on any atom is -0.359 e. The number of carbonyl (C=O) groups excluding carboxylic acids is 2. The number of amides is 1. The van der Waals surface area contributed by atoms with E-state index in [1.165, 1.54) is 0 Å². The van der Waals surface area contributed by atoms with Gasteiger partial charge in [0.1, 0.15) is 5.78 Å². The third-order valence-electron chi connectivity index (χ3n) is 2.92. The van der Waals surface area contributed by atoms with Crippen molar-refractivity contribution in [3.05, 3.63) is 0 Å². The number of hydrogen-bond donors (Lipinski definition) is 1. The van der Waals surface area contributed by atoms with Crippen molar-refractivity contribution < 1.29 is 9.59 Å². The van der Waals surface area contributed by atoms with Crippen molar-refractivity contribution in [3.63, 3.8) is 0 Å². The number of hydrogen-bond acceptors (Lipinski definition) is 2. The van der Waals surface area contributed by atoms with Gasteiger partial charge in [0.25, 0.3) is 0 Å². The van der Waals surface area contributed by atoms with Gasteiger partial charge in [0.05, 0.1) is 0 Å². The number of carbonyl (C=O) groups is 2. The Morgan fingerprint density at radius 3 is 1.81 bits per heavy atom. The Labute approximate surface area is 99.0 Å². The number of rotatable bonds is 5. The molecule has 0 aliphatic rings. The lowest BCUT2D eigenvalue weighted by atomic mass is 9.70. The molecule has 0 aromatic heterocycles. The monoisotopic (exact) mass is 227 g/mol. The normalized spacial score (nSPS) is 12.8. The van der Waals surface area contributed by atoms with Crippen LogP contribution in [-0.2, 0) is 9.59 Å². The molecule has 0 unspecified atom stereocenters. The van der Waals surface area contributed by atoms with E-state index in [0.717, 1.165) is 0 Å². The van der Waals surface area contributed by atoms with E-state index < -0.39 is 10.8 Å². The molecule has 0 rings (SSSR count). The van der Waals surface area contributed by atoms with E-state index in [2.05, 4.69) is 5.32 Å². The lowest BCUT2D eigenvalue weighted by Crippen LogP contribution is -2.41. The first-order chi connectivity index (χ1) is 7.04. The summed E-state index contributed by atoms with van der Waals surface area (Å²) in [6, 6.07) is 0. The maximum Gasteiger partial charge on any atom is 0.225 e. The van der Waals surface area contributed by atoms with Gasteiger partial charge in [-0.25, -0.2) is 0 Å². The predicted molar refractivity (Wildman–Crippen MR) is 66.1 cm³/mol. The minimum atomic E-state index is -0.511. The third kappa shape index (κ3) is 3.62.